The van der Waals surface area contributed by atoms with Gasteiger partial charge in [-0.05, 0) is 32.0 Å². The number of halogens is 1. The van der Waals surface area contributed by atoms with Crippen molar-refractivity contribution >= 4 is 5.82 Å². The Morgan fingerprint density at radius 3 is 3.13 bits per heavy atom. The molecule has 0 aromatic carbocycles. The third-order valence-electron chi connectivity index (χ3n) is 2.82. The van der Waals surface area contributed by atoms with Crippen LogP contribution in [0.25, 0.3) is 0 Å². The highest BCUT2D eigenvalue weighted by Gasteiger charge is 2.24. The summed E-state index contributed by atoms with van der Waals surface area (Å²) in [4.78, 5) is 6.36. The third kappa shape index (κ3) is 2.26. The van der Waals surface area contributed by atoms with Crippen LogP contribution in [0.3, 0.4) is 0 Å². The average Bonchev–Trinajstić information content (AvgIpc) is 2.68. The smallest absolute Gasteiger partial charge is 0.141 e. The molecule has 1 fully saturated rings. The Kier molecular flexibility index (Phi) is 3.16. The van der Waals surface area contributed by atoms with Gasteiger partial charge < -0.3 is 10.2 Å². The maximum atomic E-state index is 12.7. The van der Waals surface area contributed by atoms with E-state index in [1.165, 1.54) is 25.1 Å². The van der Waals surface area contributed by atoms with E-state index in [1.807, 2.05) is 7.05 Å². The number of aromatic nitrogens is 1. The molecule has 1 atom stereocenters. The van der Waals surface area contributed by atoms with Crippen molar-refractivity contribution in [3.05, 3.63) is 24.1 Å². The summed E-state index contributed by atoms with van der Waals surface area (Å²) in [5.74, 6) is 0.609. The van der Waals surface area contributed by atoms with Crippen molar-refractivity contribution in [2.24, 2.45) is 0 Å². The van der Waals surface area contributed by atoms with Crippen LogP contribution in [0.4, 0.5) is 10.2 Å². The molecule has 0 radical (unpaired) electrons. The molecule has 1 N–H and O–H groups in total. The van der Waals surface area contributed by atoms with E-state index in [-0.39, 0.29) is 5.82 Å². The summed E-state index contributed by atoms with van der Waals surface area (Å²) in [5.41, 5.74) is 0. The minimum absolute atomic E-state index is 0.275. The lowest BCUT2D eigenvalue weighted by molar-refractivity contribution is 0.603. The van der Waals surface area contributed by atoms with Crippen molar-refractivity contribution in [2.45, 2.75) is 18.9 Å². The van der Waals surface area contributed by atoms with Gasteiger partial charge in [-0.3, -0.25) is 0 Å². The molecule has 0 spiro atoms. The van der Waals surface area contributed by atoms with Crippen molar-refractivity contribution in [1.29, 1.82) is 0 Å². The van der Waals surface area contributed by atoms with Crippen LogP contribution in [0.1, 0.15) is 12.8 Å². The second-order valence-corrected chi connectivity index (χ2v) is 3.88. The first kappa shape index (κ1) is 10.4. The zero-order valence-electron chi connectivity index (χ0n) is 8.91. The standard InChI is InChI=1S/C11H16FN3/c1-13-8-10-3-2-6-15(10)11-5-4-9(12)7-14-11/h4-5,7,10,13H,2-3,6,8H2,1H3. The first-order chi connectivity index (χ1) is 7.31. The van der Waals surface area contributed by atoms with Gasteiger partial charge >= 0.3 is 0 Å². The lowest BCUT2D eigenvalue weighted by Gasteiger charge is -2.25. The molecule has 82 valence electrons. The summed E-state index contributed by atoms with van der Waals surface area (Å²) < 4.78 is 12.7. The fraction of sp³-hybridized carbons (Fsp3) is 0.545. The van der Waals surface area contributed by atoms with Crippen molar-refractivity contribution in [1.82, 2.24) is 10.3 Å². The molecular weight excluding hydrogens is 193 g/mol. The van der Waals surface area contributed by atoms with E-state index >= 15 is 0 Å². The Bertz CT molecular complexity index is 312. The van der Waals surface area contributed by atoms with Crippen LogP contribution in [0, 0.1) is 5.82 Å². The largest absolute Gasteiger partial charge is 0.352 e. The van der Waals surface area contributed by atoms with Gasteiger partial charge in [0.15, 0.2) is 0 Å². The Morgan fingerprint density at radius 2 is 2.47 bits per heavy atom. The lowest BCUT2D eigenvalue weighted by Crippen LogP contribution is -2.37. The van der Waals surface area contributed by atoms with E-state index in [2.05, 4.69) is 15.2 Å². The first-order valence-electron chi connectivity index (χ1n) is 5.34. The Labute approximate surface area is 89.3 Å². The van der Waals surface area contributed by atoms with E-state index in [9.17, 15) is 4.39 Å². The monoisotopic (exact) mass is 209 g/mol. The quantitative estimate of drug-likeness (QED) is 0.815. The second-order valence-electron chi connectivity index (χ2n) is 3.88. The van der Waals surface area contributed by atoms with Crippen molar-refractivity contribution in [3.8, 4) is 0 Å². The molecule has 0 bridgehead atoms. The lowest BCUT2D eigenvalue weighted by atomic mass is 10.2. The molecule has 0 saturated carbocycles. The van der Waals surface area contributed by atoms with E-state index in [0.717, 1.165) is 18.9 Å². The highest BCUT2D eigenvalue weighted by Crippen LogP contribution is 2.23. The number of nitrogens with one attached hydrogen (secondary N) is 1. The summed E-state index contributed by atoms with van der Waals surface area (Å²) in [7, 11) is 1.95. The molecule has 1 aliphatic rings. The van der Waals surface area contributed by atoms with E-state index < -0.39 is 0 Å². The summed E-state index contributed by atoms with van der Waals surface area (Å²) >= 11 is 0. The predicted octanol–water partition coefficient (Wildman–Crippen LogP) is 1.41. The van der Waals surface area contributed by atoms with Crippen molar-refractivity contribution < 1.29 is 4.39 Å². The molecule has 1 aromatic heterocycles. The van der Waals surface area contributed by atoms with Gasteiger partial charge in [0.1, 0.15) is 11.6 Å². The van der Waals surface area contributed by atoms with Crippen LogP contribution >= 0.6 is 0 Å². The molecule has 1 saturated heterocycles. The number of rotatable bonds is 3. The Morgan fingerprint density at radius 1 is 1.60 bits per heavy atom. The van der Waals surface area contributed by atoms with E-state index in [4.69, 9.17) is 0 Å². The molecule has 1 aromatic rings. The third-order valence-corrected chi connectivity index (χ3v) is 2.82. The van der Waals surface area contributed by atoms with Gasteiger partial charge in [-0.2, -0.15) is 0 Å². The molecule has 4 heteroatoms. The molecule has 2 rings (SSSR count). The second kappa shape index (κ2) is 4.57. The van der Waals surface area contributed by atoms with Gasteiger partial charge in [-0.25, -0.2) is 9.37 Å². The molecule has 3 nitrogen and oxygen atoms in total. The maximum absolute atomic E-state index is 12.7. The minimum Gasteiger partial charge on any atom is -0.352 e. The van der Waals surface area contributed by atoms with Crippen LogP contribution in [-0.2, 0) is 0 Å². The number of nitrogens with zero attached hydrogens (tertiary/aromatic N) is 2. The van der Waals surface area contributed by atoms with Gasteiger partial charge in [0.25, 0.3) is 0 Å². The fourth-order valence-electron chi connectivity index (χ4n) is 2.12. The van der Waals surface area contributed by atoms with Gasteiger partial charge in [0.05, 0.1) is 6.20 Å². The first-order valence-corrected chi connectivity index (χ1v) is 5.34. The number of likely N-dealkylation sites (N-methyl/N-ethyl adjacent to an activating group) is 1. The highest BCUT2D eigenvalue weighted by molar-refractivity contribution is 5.40. The molecule has 15 heavy (non-hydrogen) atoms. The van der Waals surface area contributed by atoms with Crippen LogP contribution in [0.5, 0.6) is 0 Å². The van der Waals surface area contributed by atoms with Gasteiger partial charge in [0.2, 0.25) is 0 Å². The number of hydrogen-bond acceptors (Lipinski definition) is 3. The van der Waals surface area contributed by atoms with E-state index in [0.29, 0.717) is 6.04 Å². The molecular formula is C11H16FN3. The van der Waals surface area contributed by atoms with Gasteiger partial charge in [-0.15, -0.1) is 0 Å². The van der Waals surface area contributed by atoms with Gasteiger partial charge in [-0.1, -0.05) is 0 Å². The summed E-state index contributed by atoms with van der Waals surface area (Å²) in [6, 6.07) is 3.72. The number of anilines is 1. The topological polar surface area (TPSA) is 28.2 Å². The summed E-state index contributed by atoms with van der Waals surface area (Å²) in [5, 5.41) is 3.18. The molecule has 2 heterocycles. The SMILES string of the molecule is CNCC1CCCN1c1ccc(F)cn1. The van der Waals surface area contributed by atoms with E-state index in [1.54, 1.807) is 6.07 Å². The van der Waals surface area contributed by atoms with Crippen LogP contribution in [-0.4, -0.2) is 31.2 Å². The summed E-state index contributed by atoms with van der Waals surface area (Å²) in [6.45, 7) is 1.98. The Hall–Kier alpha value is -1.16. The minimum atomic E-state index is -0.275. The number of hydrogen-bond donors (Lipinski definition) is 1. The maximum Gasteiger partial charge on any atom is 0.141 e. The van der Waals surface area contributed by atoms with Crippen LogP contribution in [0.2, 0.25) is 0 Å². The fourth-order valence-corrected chi connectivity index (χ4v) is 2.12. The zero-order chi connectivity index (χ0) is 10.7. The molecule has 0 aliphatic carbocycles. The van der Waals surface area contributed by atoms with Crippen LogP contribution in [0.15, 0.2) is 18.3 Å². The van der Waals surface area contributed by atoms with Crippen molar-refractivity contribution in [3.63, 3.8) is 0 Å². The number of pyridine rings is 1. The normalized spacial score (nSPS) is 20.9. The molecule has 1 unspecified atom stereocenters. The molecule has 0 amide bonds. The highest BCUT2D eigenvalue weighted by atomic mass is 19.1. The van der Waals surface area contributed by atoms with Gasteiger partial charge in [0, 0.05) is 19.1 Å². The molecule has 1 aliphatic heterocycles. The van der Waals surface area contributed by atoms with Crippen LogP contribution < -0.4 is 10.2 Å². The average molecular weight is 209 g/mol. The Balaban J connectivity index is 2.11. The summed E-state index contributed by atoms with van der Waals surface area (Å²) in [6.07, 6.45) is 3.65. The predicted molar refractivity (Wildman–Crippen MR) is 58.5 cm³/mol. The van der Waals surface area contributed by atoms with Crippen molar-refractivity contribution in [2.75, 3.05) is 25.0 Å². The zero-order valence-corrected chi connectivity index (χ0v) is 8.91.